The molecule has 1 atom stereocenters. The monoisotopic (exact) mass is 261 g/mol. The maximum absolute atomic E-state index is 11.2. The minimum absolute atomic E-state index is 0.292. The number of carbonyl (C=O) groups excluding carboxylic acids is 2. The highest BCUT2D eigenvalue weighted by molar-refractivity contribution is 7.09. The SMILES string of the molecule is Cc1nc(CNC(=O)NC(=O)C(C)Cl)cs1. The summed E-state index contributed by atoms with van der Waals surface area (Å²) in [6.45, 7) is 3.67. The fraction of sp³-hybridized carbons (Fsp3) is 0.444. The Hall–Kier alpha value is -1.14. The van der Waals surface area contributed by atoms with Gasteiger partial charge in [0, 0.05) is 5.38 Å². The van der Waals surface area contributed by atoms with Crippen molar-refractivity contribution in [3.63, 3.8) is 0 Å². The second-order valence-corrected chi connectivity index (χ2v) is 4.86. The smallest absolute Gasteiger partial charge is 0.321 e. The first-order valence-electron chi connectivity index (χ1n) is 4.63. The molecule has 0 aliphatic rings. The summed E-state index contributed by atoms with van der Waals surface area (Å²) in [6, 6.07) is -0.567. The maximum atomic E-state index is 11.2. The molecule has 1 heterocycles. The van der Waals surface area contributed by atoms with Crippen molar-refractivity contribution in [2.45, 2.75) is 25.8 Å². The van der Waals surface area contributed by atoms with Crippen LogP contribution in [0.2, 0.25) is 0 Å². The molecule has 0 spiro atoms. The highest BCUT2D eigenvalue weighted by Crippen LogP contribution is 2.06. The van der Waals surface area contributed by atoms with Crippen molar-refractivity contribution >= 4 is 34.9 Å². The van der Waals surface area contributed by atoms with Crippen molar-refractivity contribution in [3.8, 4) is 0 Å². The molecule has 0 fully saturated rings. The van der Waals surface area contributed by atoms with Gasteiger partial charge in [0.1, 0.15) is 5.38 Å². The average molecular weight is 262 g/mol. The third-order valence-electron chi connectivity index (χ3n) is 1.69. The van der Waals surface area contributed by atoms with Crippen molar-refractivity contribution in [1.82, 2.24) is 15.6 Å². The Labute approximate surface area is 102 Å². The summed E-state index contributed by atoms with van der Waals surface area (Å²) in [4.78, 5) is 26.4. The third kappa shape index (κ3) is 4.16. The molecule has 0 aliphatic heterocycles. The number of nitrogens with zero attached hydrogens (tertiary/aromatic N) is 1. The van der Waals surface area contributed by atoms with Crippen LogP contribution >= 0.6 is 22.9 Å². The second kappa shape index (κ2) is 5.81. The van der Waals surface area contributed by atoms with Crippen LogP contribution in [0.3, 0.4) is 0 Å². The normalized spacial score (nSPS) is 11.9. The Morgan fingerprint density at radius 1 is 1.62 bits per heavy atom. The number of halogens is 1. The Balaban J connectivity index is 2.33. The van der Waals surface area contributed by atoms with Crippen molar-refractivity contribution in [2.24, 2.45) is 0 Å². The summed E-state index contributed by atoms with van der Waals surface area (Å²) in [7, 11) is 0. The van der Waals surface area contributed by atoms with Crippen LogP contribution in [0.25, 0.3) is 0 Å². The lowest BCUT2D eigenvalue weighted by atomic mass is 10.4. The first-order chi connectivity index (χ1) is 7.49. The molecule has 7 heteroatoms. The molecular formula is C9H12ClN3O2S. The minimum Gasteiger partial charge on any atom is -0.332 e. The molecule has 0 radical (unpaired) electrons. The zero-order valence-corrected chi connectivity index (χ0v) is 10.5. The highest BCUT2D eigenvalue weighted by atomic mass is 35.5. The summed E-state index contributed by atoms with van der Waals surface area (Å²) >= 11 is 6.99. The van der Waals surface area contributed by atoms with Gasteiger partial charge in [0.2, 0.25) is 5.91 Å². The topological polar surface area (TPSA) is 71.1 Å². The average Bonchev–Trinajstić information content (AvgIpc) is 2.61. The van der Waals surface area contributed by atoms with E-state index in [4.69, 9.17) is 11.6 Å². The second-order valence-electron chi connectivity index (χ2n) is 3.15. The number of imide groups is 1. The predicted molar refractivity (Wildman–Crippen MR) is 62.5 cm³/mol. The number of alkyl halides is 1. The van der Waals surface area contributed by atoms with Gasteiger partial charge in [-0.2, -0.15) is 0 Å². The number of hydrogen-bond donors (Lipinski definition) is 2. The van der Waals surface area contributed by atoms with Gasteiger partial charge < -0.3 is 5.32 Å². The zero-order chi connectivity index (χ0) is 12.1. The van der Waals surface area contributed by atoms with Crippen molar-refractivity contribution in [3.05, 3.63) is 16.1 Å². The molecule has 1 aromatic rings. The quantitative estimate of drug-likeness (QED) is 0.808. The van der Waals surface area contributed by atoms with E-state index < -0.39 is 17.3 Å². The molecule has 88 valence electrons. The summed E-state index contributed by atoms with van der Waals surface area (Å²) in [6.07, 6.45) is 0. The van der Waals surface area contributed by atoms with Crippen LogP contribution in [0.1, 0.15) is 17.6 Å². The highest BCUT2D eigenvalue weighted by Gasteiger charge is 2.12. The number of aryl methyl sites for hydroxylation is 1. The first-order valence-corrected chi connectivity index (χ1v) is 5.94. The number of aromatic nitrogens is 1. The lowest BCUT2D eigenvalue weighted by molar-refractivity contribution is -0.119. The van der Waals surface area contributed by atoms with E-state index in [2.05, 4.69) is 15.6 Å². The molecule has 1 aromatic heterocycles. The van der Waals surface area contributed by atoms with Gasteiger partial charge in [-0.3, -0.25) is 10.1 Å². The van der Waals surface area contributed by atoms with Gasteiger partial charge in [0.25, 0.3) is 0 Å². The number of amides is 3. The summed E-state index contributed by atoms with van der Waals surface area (Å²) in [5.74, 6) is -0.520. The van der Waals surface area contributed by atoms with E-state index >= 15 is 0 Å². The summed E-state index contributed by atoms with van der Waals surface area (Å²) in [5.41, 5.74) is 0.768. The van der Waals surface area contributed by atoms with Crippen molar-refractivity contribution in [2.75, 3.05) is 0 Å². The Morgan fingerprint density at radius 3 is 2.81 bits per heavy atom. The van der Waals surface area contributed by atoms with Crippen LogP contribution in [0.15, 0.2) is 5.38 Å². The lowest BCUT2D eigenvalue weighted by Crippen LogP contribution is -2.41. The molecule has 0 saturated heterocycles. The van der Waals surface area contributed by atoms with Crippen LogP contribution in [-0.2, 0) is 11.3 Å². The summed E-state index contributed by atoms with van der Waals surface area (Å²) < 4.78 is 0. The molecule has 5 nitrogen and oxygen atoms in total. The van der Waals surface area contributed by atoms with E-state index in [1.807, 2.05) is 12.3 Å². The molecule has 2 N–H and O–H groups in total. The van der Waals surface area contributed by atoms with Crippen LogP contribution < -0.4 is 10.6 Å². The van der Waals surface area contributed by atoms with E-state index in [1.165, 1.54) is 18.3 Å². The van der Waals surface area contributed by atoms with E-state index in [9.17, 15) is 9.59 Å². The molecule has 1 rings (SSSR count). The minimum atomic E-state index is -0.729. The van der Waals surface area contributed by atoms with Gasteiger partial charge in [0.05, 0.1) is 17.2 Å². The molecule has 0 bridgehead atoms. The Morgan fingerprint density at radius 2 is 2.31 bits per heavy atom. The number of thiazole rings is 1. The van der Waals surface area contributed by atoms with Gasteiger partial charge in [-0.25, -0.2) is 9.78 Å². The third-order valence-corrected chi connectivity index (χ3v) is 2.72. The van der Waals surface area contributed by atoms with Gasteiger partial charge >= 0.3 is 6.03 Å². The fourth-order valence-electron chi connectivity index (χ4n) is 0.916. The van der Waals surface area contributed by atoms with Crippen LogP contribution in [0.4, 0.5) is 4.79 Å². The molecule has 3 amide bonds. The first kappa shape index (κ1) is 12.9. The molecule has 0 aliphatic carbocycles. The Kier molecular flexibility index (Phi) is 4.70. The number of carbonyl (C=O) groups is 2. The number of urea groups is 1. The van der Waals surface area contributed by atoms with Crippen molar-refractivity contribution < 1.29 is 9.59 Å². The zero-order valence-electron chi connectivity index (χ0n) is 8.91. The van der Waals surface area contributed by atoms with E-state index in [1.54, 1.807) is 0 Å². The molecule has 0 saturated carbocycles. The van der Waals surface area contributed by atoms with Gasteiger partial charge in [0.15, 0.2) is 0 Å². The van der Waals surface area contributed by atoms with Crippen LogP contribution in [0.5, 0.6) is 0 Å². The number of rotatable bonds is 3. The fourth-order valence-corrected chi connectivity index (χ4v) is 1.58. The van der Waals surface area contributed by atoms with E-state index in [-0.39, 0.29) is 0 Å². The molecular weight excluding hydrogens is 250 g/mol. The standard InChI is InChI=1S/C9H12ClN3O2S/c1-5(10)8(14)13-9(15)11-3-7-4-16-6(2)12-7/h4-5H,3H2,1-2H3,(H2,11,13,14,15). The number of hydrogen-bond acceptors (Lipinski definition) is 4. The lowest BCUT2D eigenvalue weighted by Gasteiger charge is -2.06. The summed E-state index contributed by atoms with van der Waals surface area (Å²) in [5, 5.41) is 6.68. The predicted octanol–water partition coefficient (Wildman–Crippen LogP) is 1.40. The van der Waals surface area contributed by atoms with E-state index in [0.717, 1.165) is 10.7 Å². The van der Waals surface area contributed by atoms with E-state index in [0.29, 0.717) is 6.54 Å². The molecule has 0 aromatic carbocycles. The Bertz CT molecular complexity index is 392. The number of nitrogens with one attached hydrogen (secondary N) is 2. The molecule has 1 unspecified atom stereocenters. The van der Waals surface area contributed by atoms with Gasteiger partial charge in [-0.05, 0) is 13.8 Å². The van der Waals surface area contributed by atoms with Gasteiger partial charge in [-0.1, -0.05) is 0 Å². The maximum Gasteiger partial charge on any atom is 0.321 e. The molecule has 16 heavy (non-hydrogen) atoms. The van der Waals surface area contributed by atoms with Crippen molar-refractivity contribution in [1.29, 1.82) is 0 Å². The van der Waals surface area contributed by atoms with Gasteiger partial charge in [-0.15, -0.1) is 22.9 Å². The van der Waals surface area contributed by atoms with Crippen LogP contribution in [-0.4, -0.2) is 22.3 Å². The van der Waals surface area contributed by atoms with Crippen LogP contribution in [0, 0.1) is 6.92 Å². The largest absolute Gasteiger partial charge is 0.332 e.